The van der Waals surface area contributed by atoms with E-state index >= 15 is 0 Å². The number of alkyl halides is 3. The van der Waals surface area contributed by atoms with Crippen LogP contribution in [0, 0.1) is 5.82 Å². The van der Waals surface area contributed by atoms with Gasteiger partial charge in [0.05, 0.1) is 31.9 Å². The Balaban J connectivity index is 0.00000363. The maximum absolute atomic E-state index is 13.6. The third kappa shape index (κ3) is 6.79. The zero-order valence-electron chi connectivity index (χ0n) is 17.5. The van der Waals surface area contributed by atoms with Crippen molar-refractivity contribution in [1.82, 2.24) is 10.2 Å². The summed E-state index contributed by atoms with van der Waals surface area (Å²) >= 11 is 0. The first-order valence-electron chi connectivity index (χ1n) is 10.0. The van der Waals surface area contributed by atoms with Crippen LogP contribution in [0.15, 0.2) is 47.5 Å². The molecule has 0 aliphatic carbocycles. The van der Waals surface area contributed by atoms with E-state index in [9.17, 15) is 22.7 Å². The molecule has 1 aliphatic rings. The van der Waals surface area contributed by atoms with Gasteiger partial charge in [-0.05, 0) is 42.3 Å². The van der Waals surface area contributed by atoms with E-state index in [1.165, 1.54) is 12.1 Å². The highest BCUT2D eigenvalue weighted by molar-refractivity contribution is 14.0. The molecule has 32 heavy (non-hydrogen) atoms. The molecule has 176 valence electrons. The number of aliphatic hydroxyl groups excluding tert-OH is 1. The van der Waals surface area contributed by atoms with Gasteiger partial charge >= 0.3 is 6.18 Å². The Bertz CT molecular complexity index is 924. The molecule has 0 spiro atoms. The van der Waals surface area contributed by atoms with Gasteiger partial charge in [-0.25, -0.2) is 9.38 Å². The monoisotopic (exact) mass is 567 g/mol. The third-order valence-electron chi connectivity index (χ3n) is 4.98. The number of hydrogen-bond donors (Lipinski definition) is 2. The highest BCUT2D eigenvalue weighted by atomic mass is 127. The number of ether oxygens (including phenoxy) is 1. The summed E-state index contributed by atoms with van der Waals surface area (Å²) in [6.45, 7) is 3.62. The molecule has 2 aromatic rings. The van der Waals surface area contributed by atoms with E-state index in [4.69, 9.17) is 4.74 Å². The lowest BCUT2D eigenvalue weighted by atomic mass is 10.0. The SMILES string of the molecule is CCNC(=NCc1ccc(F)c(CO)c1)N1CCOC(c2cccc(C(F)(F)F)c2)C1.I. The number of nitrogens with zero attached hydrogens (tertiary/aromatic N) is 2. The summed E-state index contributed by atoms with van der Waals surface area (Å²) in [5.41, 5.74) is 0.695. The number of rotatable bonds is 5. The van der Waals surface area contributed by atoms with Crippen molar-refractivity contribution in [1.29, 1.82) is 0 Å². The van der Waals surface area contributed by atoms with Crippen molar-refractivity contribution < 1.29 is 27.4 Å². The molecule has 0 saturated carbocycles. The molecule has 0 amide bonds. The number of aliphatic imine (C=N–C) groups is 1. The van der Waals surface area contributed by atoms with Gasteiger partial charge in [-0.3, -0.25) is 0 Å². The summed E-state index contributed by atoms with van der Waals surface area (Å²) in [5, 5.41) is 12.4. The lowest BCUT2D eigenvalue weighted by Crippen LogP contribution is -2.48. The van der Waals surface area contributed by atoms with Gasteiger partial charge in [-0.1, -0.05) is 18.2 Å². The van der Waals surface area contributed by atoms with Gasteiger partial charge < -0.3 is 20.1 Å². The smallest absolute Gasteiger partial charge is 0.392 e. The highest BCUT2D eigenvalue weighted by Crippen LogP contribution is 2.32. The fourth-order valence-electron chi connectivity index (χ4n) is 3.40. The van der Waals surface area contributed by atoms with Crippen molar-refractivity contribution in [2.24, 2.45) is 4.99 Å². The highest BCUT2D eigenvalue weighted by Gasteiger charge is 2.32. The number of nitrogens with one attached hydrogen (secondary N) is 1. The van der Waals surface area contributed by atoms with Crippen LogP contribution in [0.5, 0.6) is 0 Å². The average molecular weight is 567 g/mol. The Hall–Kier alpha value is -1.92. The maximum Gasteiger partial charge on any atom is 0.416 e. The van der Waals surface area contributed by atoms with Crippen molar-refractivity contribution in [2.45, 2.75) is 32.4 Å². The van der Waals surface area contributed by atoms with E-state index in [1.807, 2.05) is 11.8 Å². The number of hydrogen-bond acceptors (Lipinski definition) is 3. The largest absolute Gasteiger partial charge is 0.416 e. The van der Waals surface area contributed by atoms with Gasteiger partial charge in [0, 0.05) is 18.7 Å². The van der Waals surface area contributed by atoms with Crippen LogP contribution in [-0.4, -0.2) is 42.2 Å². The summed E-state index contributed by atoms with van der Waals surface area (Å²) < 4.78 is 58.5. The van der Waals surface area contributed by atoms with E-state index in [-0.39, 0.29) is 36.1 Å². The minimum Gasteiger partial charge on any atom is -0.392 e. The van der Waals surface area contributed by atoms with Gasteiger partial charge in [0.2, 0.25) is 0 Å². The normalized spacial score (nSPS) is 17.1. The van der Waals surface area contributed by atoms with Crippen LogP contribution in [0.1, 0.15) is 35.3 Å². The van der Waals surface area contributed by atoms with Gasteiger partial charge in [0.15, 0.2) is 5.96 Å². The molecule has 3 rings (SSSR count). The Labute approximate surface area is 201 Å². The summed E-state index contributed by atoms with van der Waals surface area (Å²) in [7, 11) is 0. The number of aliphatic hydroxyl groups is 1. The van der Waals surface area contributed by atoms with E-state index < -0.39 is 30.3 Å². The molecule has 1 fully saturated rings. The minimum absolute atomic E-state index is 0. The second kappa shape index (κ2) is 11.8. The van der Waals surface area contributed by atoms with Crippen LogP contribution in [0.25, 0.3) is 0 Å². The molecule has 1 heterocycles. The molecule has 5 nitrogen and oxygen atoms in total. The summed E-state index contributed by atoms with van der Waals surface area (Å²) in [5.74, 6) is 0.122. The van der Waals surface area contributed by atoms with Gasteiger partial charge in [-0.2, -0.15) is 13.2 Å². The quantitative estimate of drug-likeness (QED) is 0.242. The second-order valence-electron chi connectivity index (χ2n) is 7.18. The zero-order chi connectivity index (χ0) is 22.4. The first kappa shape index (κ1) is 26.3. The maximum atomic E-state index is 13.6. The van der Waals surface area contributed by atoms with Crippen molar-refractivity contribution in [3.63, 3.8) is 0 Å². The van der Waals surface area contributed by atoms with Crippen LogP contribution in [0.2, 0.25) is 0 Å². The molecule has 0 aromatic heterocycles. The number of benzene rings is 2. The molecule has 1 unspecified atom stereocenters. The Morgan fingerprint density at radius 3 is 2.72 bits per heavy atom. The molecule has 10 heteroatoms. The Morgan fingerprint density at radius 1 is 1.25 bits per heavy atom. The number of halogens is 5. The summed E-state index contributed by atoms with van der Waals surface area (Å²) in [6, 6.07) is 9.63. The van der Waals surface area contributed by atoms with Gasteiger partial charge in [-0.15, -0.1) is 24.0 Å². The molecule has 1 aliphatic heterocycles. The summed E-state index contributed by atoms with van der Waals surface area (Å²) in [6.07, 6.45) is -4.93. The Morgan fingerprint density at radius 2 is 2.03 bits per heavy atom. The standard InChI is InChI=1S/C22H25F4N3O2.HI/c1-2-27-21(28-12-15-6-7-19(23)17(10-15)14-30)29-8-9-31-20(13-29)16-4-3-5-18(11-16)22(24,25)26;/h3-7,10-11,20,30H,2,8-9,12-14H2,1H3,(H,27,28);1H. The predicted molar refractivity (Wildman–Crippen MR) is 124 cm³/mol. The minimum atomic E-state index is -4.41. The fraction of sp³-hybridized carbons (Fsp3) is 0.409. The van der Waals surface area contributed by atoms with Crippen molar-refractivity contribution >= 4 is 29.9 Å². The van der Waals surface area contributed by atoms with Gasteiger partial charge in [0.25, 0.3) is 0 Å². The van der Waals surface area contributed by atoms with Crippen molar-refractivity contribution in [3.05, 3.63) is 70.5 Å². The molecule has 2 N–H and O–H groups in total. The van der Waals surface area contributed by atoms with E-state index in [0.29, 0.717) is 37.8 Å². The first-order valence-corrected chi connectivity index (χ1v) is 10.0. The predicted octanol–water partition coefficient (Wildman–Crippen LogP) is 4.49. The molecule has 1 saturated heterocycles. The molecule has 1 atom stereocenters. The zero-order valence-corrected chi connectivity index (χ0v) is 19.9. The Kier molecular flexibility index (Phi) is 9.71. The van der Waals surface area contributed by atoms with E-state index in [0.717, 1.165) is 17.7 Å². The first-order chi connectivity index (χ1) is 14.8. The van der Waals surface area contributed by atoms with Crippen LogP contribution >= 0.6 is 24.0 Å². The van der Waals surface area contributed by atoms with Crippen LogP contribution in [0.4, 0.5) is 17.6 Å². The fourth-order valence-corrected chi connectivity index (χ4v) is 3.40. The lowest BCUT2D eigenvalue weighted by molar-refractivity contribution is -0.137. The molecule has 0 radical (unpaired) electrons. The lowest BCUT2D eigenvalue weighted by Gasteiger charge is -2.35. The third-order valence-corrected chi connectivity index (χ3v) is 4.98. The molecule has 0 bridgehead atoms. The van der Waals surface area contributed by atoms with Crippen LogP contribution in [-0.2, 0) is 24.1 Å². The number of morpholine rings is 1. The molecular weight excluding hydrogens is 541 g/mol. The van der Waals surface area contributed by atoms with Gasteiger partial charge in [0.1, 0.15) is 11.9 Å². The summed E-state index contributed by atoms with van der Waals surface area (Å²) in [4.78, 5) is 6.53. The molecular formula is C22H26F4IN3O2. The number of guanidine groups is 1. The van der Waals surface area contributed by atoms with Crippen molar-refractivity contribution in [2.75, 3.05) is 26.2 Å². The topological polar surface area (TPSA) is 57.1 Å². The molecule has 2 aromatic carbocycles. The average Bonchev–Trinajstić information content (AvgIpc) is 2.77. The second-order valence-corrected chi connectivity index (χ2v) is 7.18. The van der Waals surface area contributed by atoms with Crippen molar-refractivity contribution in [3.8, 4) is 0 Å². The van der Waals surface area contributed by atoms with E-state index in [2.05, 4.69) is 10.3 Å². The van der Waals surface area contributed by atoms with Crippen LogP contribution in [0.3, 0.4) is 0 Å². The van der Waals surface area contributed by atoms with Crippen LogP contribution < -0.4 is 5.32 Å². The van der Waals surface area contributed by atoms with E-state index in [1.54, 1.807) is 18.2 Å².